The maximum atomic E-state index is 12.9. The van der Waals surface area contributed by atoms with E-state index in [2.05, 4.69) is 5.32 Å². The van der Waals surface area contributed by atoms with Crippen LogP contribution in [0.3, 0.4) is 0 Å². The molecule has 10 nitrogen and oxygen atoms in total. The zero-order valence-electron chi connectivity index (χ0n) is 20.1. The third-order valence-electron chi connectivity index (χ3n) is 5.16. The number of rotatable bonds is 10. The van der Waals surface area contributed by atoms with Crippen LogP contribution in [0.1, 0.15) is 28.9 Å². The summed E-state index contributed by atoms with van der Waals surface area (Å²) in [6.07, 6.45) is -0.780. The quantitative estimate of drug-likeness (QED) is 0.137. The Bertz CT molecular complexity index is 1260. The van der Waals surface area contributed by atoms with E-state index in [1.165, 1.54) is 37.7 Å². The van der Waals surface area contributed by atoms with Gasteiger partial charge in [-0.05, 0) is 61.5 Å². The molecule has 0 saturated carbocycles. The number of amides is 2. The lowest BCUT2D eigenvalue weighted by molar-refractivity contribution is -0.124. The number of Topliss-reactive ketones (excluding diaryl/α,β-unsaturated/α-hetero) is 1. The summed E-state index contributed by atoms with van der Waals surface area (Å²) in [5.74, 6) is -0.535. The van der Waals surface area contributed by atoms with Crippen molar-refractivity contribution in [2.45, 2.75) is 19.1 Å². The molecule has 0 saturated heterocycles. The molecular weight excluding hydrogens is 480 g/mol. The summed E-state index contributed by atoms with van der Waals surface area (Å²) >= 11 is 0. The first-order valence-electron chi connectivity index (χ1n) is 11.1. The van der Waals surface area contributed by atoms with Crippen molar-refractivity contribution in [3.05, 3.63) is 96.1 Å². The number of hydrogen-bond acceptors (Lipinski definition) is 8. The number of phenolic OH excluding ortho intramolecular Hbond substituents is 1. The molecule has 37 heavy (non-hydrogen) atoms. The predicted octanol–water partition coefficient (Wildman–Crippen LogP) is 4.40. The van der Waals surface area contributed by atoms with Crippen LogP contribution in [0, 0.1) is 0 Å². The van der Waals surface area contributed by atoms with Crippen LogP contribution in [0.2, 0.25) is 0 Å². The third kappa shape index (κ3) is 7.58. The lowest BCUT2D eigenvalue weighted by Gasteiger charge is -2.26. The van der Waals surface area contributed by atoms with Crippen molar-refractivity contribution in [1.29, 1.82) is 0 Å². The fourth-order valence-corrected chi connectivity index (χ4v) is 3.34. The number of phenols is 1. The molecule has 10 heteroatoms. The maximum absolute atomic E-state index is 12.9. The van der Waals surface area contributed by atoms with Gasteiger partial charge in [-0.3, -0.25) is 20.1 Å². The van der Waals surface area contributed by atoms with Gasteiger partial charge in [0.15, 0.2) is 29.5 Å². The van der Waals surface area contributed by atoms with Gasteiger partial charge in [0.1, 0.15) is 5.75 Å². The van der Waals surface area contributed by atoms with E-state index in [-0.39, 0.29) is 17.3 Å². The molecular formula is C27H26N2O8. The van der Waals surface area contributed by atoms with Gasteiger partial charge in [-0.25, -0.2) is 10.3 Å². The lowest BCUT2D eigenvalue weighted by atomic mass is 10.0. The molecule has 192 valence electrons. The van der Waals surface area contributed by atoms with Gasteiger partial charge in [0.05, 0.1) is 7.11 Å². The van der Waals surface area contributed by atoms with E-state index in [1.807, 2.05) is 0 Å². The summed E-state index contributed by atoms with van der Waals surface area (Å²) in [4.78, 5) is 36.1. The number of hydrogen-bond donors (Lipinski definition) is 4. The largest absolute Gasteiger partial charge is 0.504 e. The van der Waals surface area contributed by atoms with E-state index in [9.17, 15) is 19.5 Å². The smallest absolute Gasteiger partial charge is 0.412 e. The number of para-hydroxylation sites is 1. The molecule has 0 radical (unpaired) electrons. The van der Waals surface area contributed by atoms with Gasteiger partial charge in [0.2, 0.25) is 0 Å². The first-order chi connectivity index (χ1) is 17.8. The zero-order chi connectivity index (χ0) is 26.8. The highest BCUT2D eigenvalue weighted by molar-refractivity contribution is 5.95. The van der Waals surface area contributed by atoms with E-state index in [1.54, 1.807) is 60.7 Å². The van der Waals surface area contributed by atoms with E-state index < -0.39 is 24.2 Å². The molecule has 0 unspecified atom stereocenters. The van der Waals surface area contributed by atoms with Gasteiger partial charge in [-0.1, -0.05) is 24.3 Å². The molecule has 0 fully saturated rings. The number of benzene rings is 3. The van der Waals surface area contributed by atoms with E-state index in [0.29, 0.717) is 22.6 Å². The number of carbonyl (C=O) groups excluding carboxylic acids is 3. The summed E-state index contributed by atoms with van der Waals surface area (Å²) in [6.45, 7) is 1.43. The molecule has 0 aliphatic rings. The van der Waals surface area contributed by atoms with Crippen molar-refractivity contribution in [3.8, 4) is 17.2 Å². The minimum atomic E-state index is -1.17. The molecule has 0 heterocycles. The summed E-state index contributed by atoms with van der Waals surface area (Å²) in [5, 5.41) is 21.8. The molecule has 3 aromatic carbocycles. The summed E-state index contributed by atoms with van der Waals surface area (Å²) in [6, 6.07) is 19.2. The van der Waals surface area contributed by atoms with Crippen LogP contribution in [-0.4, -0.2) is 41.3 Å². The first kappa shape index (κ1) is 26.8. The summed E-state index contributed by atoms with van der Waals surface area (Å²) < 4.78 is 16.8. The molecule has 0 aliphatic carbocycles. The third-order valence-corrected chi connectivity index (χ3v) is 5.16. The average Bonchev–Trinajstić information content (AvgIpc) is 2.90. The maximum Gasteiger partial charge on any atom is 0.412 e. The Morgan fingerprint density at radius 2 is 1.68 bits per heavy atom. The Kier molecular flexibility index (Phi) is 9.23. The monoisotopic (exact) mass is 506 g/mol. The van der Waals surface area contributed by atoms with Crippen LogP contribution >= 0.6 is 0 Å². The number of anilines is 1. The van der Waals surface area contributed by atoms with E-state index in [4.69, 9.17) is 19.4 Å². The van der Waals surface area contributed by atoms with Crippen molar-refractivity contribution in [3.63, 3.8) is 0 Å². The second-order valence-corrected chi connectivity index (χ2v) is 7.75. The number of ether oxygens (including phenoxy) is 3. The van der Waals surface area contributed by atoms with Crippen molar-refractivity contribution < 1.29 is 38.9 Å². The van der Waals surface area contributed by atoms with Gasteiger partial charge >= 0.3 is 6.09 Å². The van der Waals surface area contributed by atoms with Crippen LogP contribution in [0.15, 0.2) is 84.9 Å². The Morgan fingerprint density at radius 1 is 0.973 bits per heavy atom. The van der Waals surface area contributed by atoms with Gasteiger partial charge < -0.3 is 19.3 Å². The van der Waals surface area contributed by atoms with Crippen LogP contribution in [0.25, 0.3) is 0 Å². The number of ketones is 1. The Labute approximate surface area is 213 Å². The summed E-state index contributed by atoms with van der Waals surface area (Å²) in [7, 11) is 1.39. The molecule has 2 amide bonds. The van der Waals surface area contributed by atoms with Gasteiger partial charge in [0.25, 0.3) is 5.91 Å². The molecule has 0 aliphatic heterocycles. The Morgan fingerprint density at radius 3 is 2.27 bits per heavy atom. The number of hydroxylamine groups is 1. The van der Waals surface area contributed by atoms with Crippen molar-refractivity contribution in [1.82, 2.24) is 5.48 Å². The fourth-order valence-electron chi connectivity index (χ4n) is 3.34. The van der Waals surface area contributed by atoms with Crippen LogP contribution < -0.4 is 20.3 Å². The highest BCUT2D eigenvalue weighted by Crippen LogP contribution is 2.33. The number of nitrogens with one attached hydrogen (secondary N) is 2. The molecule has 2 atom stereocenters. The highest BCUT2D eigenvalue weighted by Gasteiger charge is 2.29. The molecule has 3 rings (SSSR count). The topological polar surface area (TPSA) is 143 Å². The van der Waals surface area contributed by atoms with Gasteiger partial charge in [0, 0.05) is 22.9 Å². The van der Waals surface area contributed by atoms with Crippen LogP contribution in [0.5, 0.6) is 17.2 Å². The first-order valence-corrected chi connectivity index (χ1v) is 11.1. The van der Waals surface area contributed by atoms with Gasteiger partial charge in [-0.15, -0.1) is 0 Å². The lowest BCUT2D eigenvalue weighted by Crippen LogP contribution is -2.30. The molecule has 0 bridgehead atoms. The van der Waals surface area contributed by atoms with Crippen molar-refractivity contribution in [2.24, 2.45) is 0 Å². The standard InChI is InChI=1S/C27H26N2O8/c1-17(30)18-8-11-20(12-9-18)28-27(33)37-26(19-10-13-23(35-2)22(31)16-19)24(14-15-25(32)29-34)36-21-6-4-3-5-7-21/h3-16,24,26,31,34H,1-2H3,(H,28,33)(H,29,32)/b15-14+/t24-,26-/m0/s1. The second-order valence-electron chi connectivity index (χ2n) is 7.75. The molecule has 4 N–H and O–H groups in total. The van der Waals surface area contributed by atoms with Crippen LogP contribution in [-0.2, 0) is 9.53 Å². The Balaban J connectivity index is 1.95. The zero-order valence-corrected chi connectivity index (χ0v) is 20.1. The fraction of sp³-hybridized carbons (Fsp3) is 0.148. The predicted molar refractivity (Wildman–Crippen MR) is 134 cm³/mol. The normalized spacial score (nSPS) is 12.3. The van der Waals surface area contributed by atoms with E-state index >= 15 is 0 Å². The number of methoxy groups -OCH3 is 1. The molecule has 0 spiro atoms. The van der Waals surface area contributed by atoms with Crippen molar-refractivity contribution in [2.75, 3.05) is 12.4 Å². The minimum Gasteiger partial charge on any atom is -0.504 e. The SMILES string of the molecule is COc1ccc([C@H](OC(=O)Nc2ccc(C(C)=O)cc2)[C@H](/C=C/C(=O)NO)Oc2ccccc2)cc1O. The molecule has 3 aromatic rings. The number of aromatic hydroxyl groups is 1. The highest BCUT2D eigenvalue weighted by atomic mass is 16.6. The average molecular weight is 507 g/mol. The second kappa shape index (κ2) is 12.8. The van der Waals surface area contributed by atoms with E-state index in [0.717, 1.165) is 6.08 Å². The van der Waals surface area contributed by atoms with Crippen molar-refractivity contribution >= 4 is 23.5 Å². The molecule has 0 aromatic heterocycles. The Hall–Kier alpha value is -4.83. The van der Waals surface area contributed by atoms with Gasteiger partial charge in [-0.2, -0.15) is 0 Å². The summed E-state index contributed by atoms with van der Waals surface area (Å²) in [5.41, 5.74) is 2.68. The number of carbonyl (C=O) groups is 3. The van der Waals surface area contributed by atoms with Crippen LogP contribution in [0.4, 0.5) is 10.5 Å². The minimum absolute atomic E-state index is 0.117.